The van der Waals surface area contributed by atoms with Crippen molar-refractivity contribution in [1.82, 2.24) is 14.9 Å². The summed E-state index contributed by atoms with van der Waals surface area (Å²) in [5, 5.41) is 3.81. The molecule has 2 heterocycles. The SMILES string of the molecule is CCCCCn1c(SCC(=O)OCC)nc2cc(C(=O)NC[C@H]3CCCO3)ccc2c1=O. The van der Waals surface area contributed by atoms with E-state index in [0.29, 0.717) is 41.3 Å². The van der Waals surface area contributed by atoms with Crippen LogP contribution in [0.5, 0.6) is 0 Å². The average molecular weight is 462 g/mol. The van der Waals surface area contributed by atoms with Crippen molar-refractivity contribution in [3.8, 4) is 0 Å². The Balaban J connectivity index is 1.85. The minimum absolute atomic E-state index is 0.0544. The number of carbonyl (C=O) groups excluding carboxylic acids is 2. The number of hydrogen-bond acceptors (Lipinski definition) is 7. The Labute approximate surface area is 192 Å². The Kier molecular flexibility index (Phi) is 9.11. The number of carbonyl (C=O) groups is 2. The van der Waals surface area contributed by atoms with Gasteiger partial charge in [0.1, 0.15) is 0 Å². The molecule has 2 aromatic rings. The van der Waals surface area contributed by atoms with Crippen molar-refractivity contribution in [1.29, 1.82) is 0 Å². The van der Waals surface area contributed by atoms with Crippen LogP contribution < -0.4 is 10.9 Å². The smallest absolute Gasteiger partial charge is 0.316 e. The van der Waals surface area contributed by atoms with Crippen LogP contribution in [-0.2, 0) is 20.8 Å². The predicted molar refractivity (Wildman–Crippen MR) is 124 cm³/mol. The van der Waals surface area contributed by atoms with E-state index in [0.717, 1.165) is 38.7 Å². The third-order valence-corrected chi connectivity index (χ3v) is 6.26. The molecule has 0 unspecified atom stereocenters. The minimum atomic E-state index is -0.353. The molecule has 1 aromatic carbocycles. The fourth-order valence-electron chi connectivity index (χ4n) is 3.61. The van der Waals surface area contributed by atoms with Crippen LogP contribution in [-0.4, -0.2) is 53.0 Å². The second-order valence-electron chi connectivity index (χ2n) is 7.73. The molecule has 1 atom stereocenters. The molecule has 1 N–H and O–H groups in total. The van der Waals surface area contributed by atoms with Crippen molar-refractivity contribution >= 4 is 34.5 Å². The summed E-state index contributed by atoms with van der Waals surface area (Å²) in [6, 6.07) is 4.94. The van der Waals surface area contributed by atoms with Crippen LogP contribution in [0.25, 0.3) is 10.9 Å². The fraction of sp³-hybridized carbons (Fsp3) is 0.565. The van der Waals surface area contributed by atoms with Gasteiger partial charge in [-0.05, 0) is 44.4 Å². The van der Waals surface area contributed by atoms with E-state index in [4.69, 9.17) is 9.47 Å². The fourth-order valence-corrected chi connectivity index (χ4v) is 4.43. The third-order valence-electron chi connectivity index (χ3n) is 5.31. The highest BCUT2D eigenvalue weighted by Gasteiger charge is 2.18. The predicted octanol–water partition coefficient (Wildman–Crippen LogP) is 3.15. The number of esters is 1. The number of nitrogens with one attached hydrogen (secondary N) is 1. The highest BCUT2D eigenvalue weighted by Crippen LogP contribution is 2.20. The van der Waals surface area contributed by atoms with Crippen molar-refractivity contribution in [2.45, 2.75) is 63.8 Å². The average Bonchev–Trinajstić information content (AvgIpc) is 3.31. The standard InChI is InChI=1S/C23H31N3O5S/c1-3-5-6-11-26-22(29)18-10-9-16(21(28)24-14-17-8-7-12-31-17)13-19(18)25-23(26)32-15-20(27)30-4-2/h9-10,13,17H,3-8,11-12,14-15H2,1-2H3,(H,24,28)/t17-/m1/s1. The summed E-state index contributed by atoms with van der Waals surface area (Å²) in [5.74, 6) is -0.507. The van der Waals surface area contributed by atoms with Gasteiger partial charge in [0.05, 0.1) is 29.4 Å². The molecule has 32 heavy (non-hydrogen) atoms. The molecule has 1 saturated heterocycles. The number of benzene rings is 1. The highest BCUT2D eigenvalue weighted by atomic mass is 32.2. The van der Waals surface area contributed by atoms with Crippen molar-refractivity contribution in [3.63, 3.8) is 0 Å². The normalized spacial score (nSPS) is 15.8. The monoisotopic (exact) mass is 461 g/mol. The number of ether oxygens (including phenoxy) is 2. The largest absolute Gasteiger partial charge is 0.465 e. The topological polar surface area (TPSA) is 99.5 Å². The van der Waals surface area contributed by atoms with Crippen LogP contribution in [0.4, 0.5) is 0 Å². The van der Waals surface area contributed by atoms with Crippen LogP contribution in [0.2, 0.25) is 0 Å². The van der Waals surface area contributed by atoms with Gasteiger partial charge in [-0.1, -0.05) is 31.5 Å². The van der Waals surface area contributed by atoms with Gasteiger partial charge in [-0.2, -0.15) is 0 Å². The second kappa shape index (κ2) is 12.0. The molecule has 1 aromatic heterocycles. The lowest BCUT2D eigenvalue weighted by molar-refractivity contribution is -0.139. The number of amides is 1. The molecule has 0 spiro atoms. The van der Waals surface area contributed by atoms with Crippen molar-refractivity contribution < 1.29 is 19.1 Å². The number of thioether (sulfide) groups is 1. The molecule has 0 saturated carbocycles. The molecular weight excluding hydrogens is 430 g/mol. The Morgan fingerprint density at radius 3 is 2.88 bits per heavy atom. The zero-order valence-corrected chi connectivity index (χ0v) is 19.5. The van der Waals surface area contributed by atoms with Gasteiger partial charge in [0.2, 0.25) is 0 Å². The van der Waals surface area contributed by atoms with E-state index in [1.165, 1.54) is 11.8 Å². The van der Waals surface area contributed by atoms with Crippen LogP contribution in [0.15, 0.2) is 28.2 Å². The Hall–Kier alpha value is -2.39. The van der Waals surface area contributed by atoms with Gasteiger partial charge < -0.3 is 14.8 Å². The number of unbranched alkanes of at least 4 members (excludes halogenated alkanes) is 2. The zero-order valence-electron chi connectivity index (χ0n) is 18.7. The van der Waals surface area contributed by atoms with Crippen molar-refractivity contribution in [2.75, 3.05) is 25.5 Å². The van der Waals surface area contributed by atoms with Crippen molar-refractivity contribution in [2.24, 2.45) is 0 Å². The van der Waals surface area contributed by atoms with Gasteiger partial charge in [-0.25, -0.2) is 4.98 Å². The van der Waals surface area contributed by atoms with Gasteiger partial charge >= 0.3 is 5.97 Å². The number of hydrogen-bond donors (Lipinski definition) is 1. The van der Waals surface area contributed by atoms with Gasteiger partial charge in [0.25, 0.3) is 11.5 Å². The minimum Gasteiger partial charge on any atom is -0.465 e. The lowest BCUT2D eigenvalue weighted by atomic mass is 10.1. The summed E-state index contributed by atoms with van der Waals surface area (Å²) < 4.78 is 12.2. The molecule has 174 valence electrons. The van der Waals surface area contributed by atoms with E-state index < -0.39 is 0 Å². The Bertz CT molecular complexity index is 1000. The summed E-state index contributed by atoms with van der Waals surface area (Å²) in [6.45, 7) is 5.88. The van der Waals surface area contributed by atoms with Gasteiger partial charge in [-0.15, -0.1) is 0 Å². The van der Waals surface area contributed by atoms with E-state index in [-0.39, 0.29) is 29.3 Å². The maximum absolute atomic E-state index is 13.2. The van der Waals surface area contributed by atoms with Gasteiger partial charge in [0, 0.05) is 25.3 Å². The molecule has 8 nitrogen and oxygen atoms in total. The number of fused-ring (bicyclic) bond motifs is 1. The van der Waals surface area contributed by atoms with E-state index in [1.807, 2.05) is 0 Å². The van der Waals surface area contributed by atoms with Gasteiger partial charge in [0.15, 0.2) is 5.16 Å². The molecule has 0 aliphatic carbocycles. The molecular formula is C23H31N3O5S. The zero-order chi connectivity index (χ0) is 22.9. The second-order valence-corrected chi connectivity index (χ2v) is 8.67. The molecule has 0 radical (unpaired) electrons. The van der Waals surface area contributed by atoms with E-state index in [2.05, 4.69) is 17.2 Å². The Morgan fingerprint density at radius 1 is 1.31 bits per heavy atom. The number of rotatable bonds is 11. The first-order chi connectivity index (χ1) is 15.5. The highest BCUT2D eigenvalue weighted by molar-refractivity contribution is 7.99. The molecule has 1 aliphatic heterocycles. The quantitative estimate of drug-likeness (QED) is 0.237. The molecule has 0 bridgehead atoms. The summed E-state index contributed by atoms with van der Waals surface area (Å²) in [6.07, 6.45) is 4.89. The first kappa shape index (κ1) is 24.3. The van der Waals surface area contributed by atoms with Crippen LogP contribution in [0, 0.1) is 0 Å². The van der Waals surface area contributed by atoms with Crippen molar-refractivity contribution in [3.05, 3.63) is 34.1 Å². The molecule has 9 heteroatoms. The maximum atomic E-state index is 13.2. The number of aromatic nitrogens is 2. The first-order valence-electron chi connectivity index (χ1n) is 11.3. The first-order valence-corrected chi connectivity index (χ1v) is 12.2. The van der Waals surface area contributed by atoms with E-state index in [9.17, 15) is 14.4 Å². The molecule has 1 amide bonds. The van der Waals surface area contributed by atoms with Crippen LogP contribution >= 0.6 is 11.8 Å². The van der Waals surface area contributed by atoms with E-state index in [1.54, 1.807) is 29.7 Å². The lowest BCUT2D eigenvalue weighted by Crippen LogP contribution is -2.31. The van der Waals surface area contributed by atoms with E-state index >= 15 is 0 Å². The lowest BCUT2D eigenvalue weighted by Gasteiger charge is -2.14. The number of nitrogens with zero attached hydrogens (tertiary/aromatic N) is 2. The third kappa shape index (κ3) is 6.32. The summed E-state index contributed by atoms with van der Waals surface area (Å²) in [5.41, 5.74) is 0.717. The van der Waals surface area contributed by atoms with Gasteiger partial charge in [-0.3, -0.25) is 19.0 Å². The molecule has 3 rings (SSSR count). The van der Waals surface area contributed by atoms with Crippen LogP contribution in [0.1, 0.15) is 56.3 Å². The summed E-state index contributed by atoms with van der Waals surface area (Å²) in [7, 11) is 0. The Morgan fingerprint density at radius 2 is 2.16 bits per heavy atom. The maximum Gasteiger partial charge on any atom is 0.316 e. The molecule has 1 fully saturated rings. The molecule has 1 aliphatic rings. The van der Waals surface area contributed by atoms with Crippen LogP contribution in [0.3, 0.4) is 0 Å². The summed E-state index contributed by atoms with van der Waals surface area (Å²) in [4.78, 5) is 42.3. The summed E-state index contributed by atoms with van der Waals surface area (Å²) >= 11 is 1.18.